The predicted octanol–water partition coefficient (Wildman–Crippen LogP) is 1.54. The van der Waals surface area contributed by atoms with Crippen LogP contribution in [-0.2, 0) is 15.0 Å². The van der Waals surface area contributed by atoms with Crippen molar-refractivity contribution in [3.05, 3.63) is 24.3 Å². The summed E-state index contributed by atoms with van der Waals surface area (Å²) in [7, 11) is -2.69. The zero-order chi connectivity index (χ0) is 15.9. The highest BCUT2D eigenvalue weighted by molar-refractivity contribution is 7.90. The molecule has 0 spiro atoms. The highest BCUT2D eigenvalue weighted by atomic mass is 32.2. The molecule has 0 heterocycles. The normalized spacial score (nSPS) is 11.4. The second kappa shape index (κ2) is 7.84. The summed E-state index contributed by atoms with van der Waals surface area (Å²) in [5.74, 6) is -0.562. The second-order valence-electron chi connectivity index (χ2n) is 4.48. The molecule has 21 heavy (non-hydrogen) atoms. The van der Waals surface area contributed by atoms with Crippen molar-refractivity contribution < 1.29 is 23.1 Å². The highest BCUT2D eigenvalue weighted by Crippen LogP contribution is 2.17. The van der Waals surface area contributed by atoms with Gasteiger partial charge in [0.15, 0.2) is 0 Å². The van der Waals surface area contributed by atoms with E-state index in [-0.39, 0.29) is 0 Å². The molecule has 1 aromatic rings. The number of aliphatic carboxylic acids is 1. The molecule has 0 bridgehead atoms. The summed E-state index contributed by atoms with van der Waals surface area (Å²) in [5.41, 5.74) is 0.343. The largest absolute Gasteiger partial charge is 0.494 e. The van der Waals surface area contributed by atoms with Gasteiger partial charge in [0.1, 0.15) is 12.3 Å². The van der Waals surface area contributed by atoms with E-state index in [4.69, 9.17) is 9.84 Å². The van der Waals surface area contributed by atoms with Gasteiger partial charge in [-0.15, -0.1) is 0 Å². The molecule has 1 aromatic carbocycles. The molecular formula is C13H20N2O5S. The Balaban J connectivity index is 2.64. The van der Waals surface area contributed by atoms with Crippen molar-refractivity contribution in [3.63, 3.8) is 0 Å². The summed E-state index contributed by atoms with van der Waals surface area (Å²) in [6.45, 7) is 2.07. The van der Waals surface area contributed by atoms with E-state index in [2.05, 4.69) is 11.6 Å². The van der Waals surface area contributed by atoms with E-state index in [0.29, 0.717) is 18.0 Å². The number of nitrogens with zero attached hydrogens (tertiary/aromatic N) is 1. The first kappa shape index (κ1) is 17.3. The van der Waals surface area contributed by atoms with E-state index in [1.165, 1.54) is 7.05 Å². The topological polar surface area (TPSA) is 95.9 Å². The van der Waals surface area contributed by atoms with Gasteiger partial charge in [-0.3, -0.25) is 9.52 Å². The third kappa shape index (κ3) is 6.01. The maximum absolute atomic E-state index is 11.9. The summed E-state index contributed by atoms with van der Waals surface area (Å²) < 4.78 is 32.2. The third-order valence-electron chi connectivity index (χ3n) is 2.64. The fourth-order valence-electron chi connectivity index (χ4n) is 1.46. The van der Waals surface area contributed by atoms with Gasteiger partial charge in [-0.25, -0.2) is 0 Å². The first-order valence-corrected chi connectivity index (χ1v) is 7.98. The molecule has 0 aromatic heterocycles. The van der Waals surface area contributed by atoms with Crippen molar-refractivity contribution in [1.82, 2.24) is 4.31 Å². The molecule has 0 saturated heterocycles. The van der Waals surface area contributed by atoms with Crippen LogP contribution < -0.4 is 9.46 Å². The molecule has 0 atom stereocenters. The minimum atomic E-state index is -3.88. The number of carboxylic acids is 1. The molecule has 8 heteroatoms. The van der Waals surface area contributed by atoms with Crippen molar-refractivity contribution in [2.45, 2.75) is 19.8 Å². The summed E-state index contributed by atoms with van der Waals surface area (Å²) in [5, 5.41) is 8.60. The van der Waals surface area contributed by atoms with E-state index in [1.807, 2.05) is 0 Å². The van der Waals surface area contributed by atoms with E-state index in [1.54, 1.807) is 24.3 Å². The monoisotopic (exact) mass is 316 g/mol. The van der Waals surface area contributed by atoms with Crippen LogP contribution in [0.2, 0.25) is 0 Å². The molecule has 0 fully saturated rings. The van der Waals surface area contributed by atoms with Gasteiger partial charge in [-0.1, -0.05) is 13.3 Å². The molecule has 0 aliphatic heterocycles. The average Bonchev–Trinajstić information content (AvgIpc) is 2.40. The minimum Gasteiger partial charge on any atom is -0.494 e. The van der Waals surface area contributed by atoms with Gasteiger partial charge < -0.3 is 9.84 Å². The summed E-state index contributed by atoms with van der Waals surface area (Å²) in [4.78, 5) is 10.5. The Morgan fingerprint density at radius 3 is 2.48 bits per heavy atom. The standard InChI is InChI=1S/C13H20N2O5S/c1-3-4-9-20-12-7-5-11(6-8-12)14-21(18,19)15(2)10-13(16)17/h5-8,14H,3-4,9-10H2,1-2H3,(H,16,17). The Morgan fingerprint density at radius 1 is 1.33 bits per heavy atom. The Hall–Kier alpha value is -1.80. The van der Waals surface area contributed by atoms with Crippen molar-refractivity contribution in [2.24, 2.45) is 0 Å². The molecule has 0 amide bonds. The zero-order valence-electron chi connectivity index (χ0n) is 12.1. The first-order chi connectivity index (χ1) is 9.85. The molecule has 2 N–H and O–H groups in total. The van der Waals surface area contributed by atoms with Crippen LogP contribution in [-0.4, -0.2) is 44.0 Å². The number of rotatable bonds is 9. The summed E-state index contributed by atoms with van der Waals surface area (Å²) in [6, 6.07) is 6.44. The van der Waals surface area contributed by atoms with Crippen LogP contribution in [0, 0.1) is 0 Å². The number of anilines is 1. The van der Waals surface area contributed by atoms with Gasteiger partial charge in [-0.2, -0.15) is 12.7 Å². The van der Waals surface area contributed by atoms with Gasteiger partial charge in [-0.05, 0) is 30.7 Å². The van der Waals surface area contributed by atoms with Crippen molar-refractivity contribution >= 4 is 21.9 Å². The predicted molar refractivity (Wildman–Crippen MR) is 79.7 cm³/mol. The molecule has 0 aliphatic rings. The fraction of sp³-hybridized carbons (Fsp3) is 0.462. The molecule has 0 aliphatic carbocycles. The van der Waals surface area contributed by atoms with Crippen LogP contribution in [0.5, 0.6) is 5.75 Å². The molecule has 7 nitrogen and oxygen atoms in total. The molecule has 0 unspecified atom stereocenters. The number of hydrogen-bond donors (Lipinski definition) is 2. The smallest absolute Gasteiger partial charge is 0.318 e. The van der Waals surface area contributed by atoms with Crippen molar-refractivity contribution in [1.29, 1.82) is 0 Å². The van der Waals surface area contributed by atoms with Crippen LogP contribution >= 0.6 is 0 Å². The van der Waals surface area contributed by atoms with Gasteiger partial charge in [0.25, 0.3) is 0 Å². The van der Waals surface area contributed by atoms with Crippen molar-refractivity contribution in [3.8, 4) is 5.75 Å². The quantitative estimate of drug-likeness (QED) is 0.674. The summed E-state index contributed by atoms with van der Waals surface area (Å²) in [6.07, 6.45) is 1.99. The number of nitrogens with one attached hydrogen (secondary N) is 1. The van der Waals surface area contributed by atoms with E-state index in [9.17, 15) is 13.2 Å². The lowest BCUT2D eigenvalue weighted by Gasteiger charge is -2.16. The Morgan fingerprint density at radius 2 is 1.95 bits per heavy atom. The first-order valence-electron chi connectivity index (χ1n) is 6.54. The zero-order valence-corrected chi connectivity index (χ0v) is 12.9. The minimum absolute atomic E-state index is 0.343. The van der Waals surface area contributed by atoms with Crippen LogP contribution in [0.1, 0.15) is 19.8 Å². The average molecular weight is 316 g/mol. The Bertz CT molecular complexity index is 556. The van der Waals surface area contributed by atoms with Crippen LogP contribution in [0.25, 0.3) is 0 Å². The Kier molecular flexibility index (Phi) is 6.44. The number of benzene rings is 1. The third-order valence-corrected chi connectivity index (χ3v) is 4.08. The molecule has 1 rings (SSSR count). The van der Waals surface area contributed by atoms with E-state index >= 15 is 0 Å². The van der Waals surface area contributed by atoms with E-state index < -0.39 is 22.7 Å². The van der Waals surface area contributed by atoms with Crippen LogP contribution in [0.4, 0.5) is 5.69 Å². The fourth-order valence-corrected chi connectivity index (χ4v) is 2.33. The van der Waals surface area contributed by atoms with Crippen LogP contribution in [0.15, 0.2) is 24.3 Å². The number of ether oxygens (including phenoxy) is 1. The molecule has 0 radical (unpaired) electrons. The maximum atomic E-state index is 11.9. The Labute approximate surface area is 124 Å². The lowest BCUT2D eigenvalue weighted by Crippen LogP contribution is -2.36. The number of carbonyl (C=O) groups is 1. The lowest BCUT2D eigenvalue weighted by molar-refractivity contribution is -0.137. The lowest BCUT2D eigenvalue weighted by atomic mass is 10.3. The number of likely N-dealkylation sites (N-methyl/N-ethyl adjacent to an activating group) is 1. The summed E-state index contributed by atoms with van der Waals surface area (Å²) >= 11 is 0. The van der Waals surface area contributed by atoms with Gasteiger partial charge in [0, 0.05) is 7.05 Å². The van der Waals surface area contributed by atoms with Gasteiger partial charge >= 0.3 is 16.2 Å². The molecule has 118 valence electrons. The number of hydrogen-bond acceptors (Lipinski definition) is 4. The highest BCUT2D eigenvalue weighted by Gasteiger charge is 2.19. The van der Waals surface area contributed by atoms with Crippen LogP contribution in [0.3, 0.4) is 0 Å². The second-order valence-corrected chi connectivity index (χ2v) is 6.26. The number of carboxylic acid groups (broad SMARTS) is 1. The van der Waals surface area contributed by atoms with E-state index in [0.717, 1.165) is 17.1 Å². The van der Waals surface area contributed by atoms with Gasteiger partial charge in [0.05, 0.1) is 12.3 Å². The number of unbranched alkanes of at least 4 members (excludes halogenated alkanes) is 1. The molecular weight excluding hydrogens is 296 g/mol. The molecule has 0 saturated carbocycles. The van der Waals surface area contributed by atoms with Crippen molar-refractivity contribution in [2.75, 3.05) is 24.9 Å². The van der Waals surface area contributed by atoms with Gasteiger partial charge in [0.2, 0.25) is 0 Å². The SMILES string of the molecule is CCCCOc1ccc(NS(=O)(=O)N(C)CC(=O)O)cc1. The maximum Gasteiger partial charge on any atom is 0.318 e.